The quantitative estimate of drug-likeness (QED) is 0.904. The maximum atomic E-state index is 13.7. The minimum atomic E-state index is -4.21. The Kier molecular flexibility index (Phi) is 4.60. The molecule has 8 heteroatoms. The summed E-state index contributed by atoms with van der Waals surface area (Å²) in [6.07, 6.45) is 3.30. The van der Waals surface area contributed by atoms with Crippen molar-refractivity contribution in [2.24, 2.45) is 0 Å². The molecule has 0 radical (unpaired) electrons. The second-order valence-electron chi connectivity index (χ2n) is 4.99. The van der Waals surface area contributed by atoms with Gasteiger partial charge >= 0.3 is 0 Å². The van der Waals surface area contributed by atoms with E-state index in [2.05, 4.69) is 5.10 Å². The van der Waals surface area contributed by atoms with E-state index in [0.717, 1.165) is 17.7 Å². The number of hydrogen-bond donors (Lipinski definition) is 1. The number of sulfonamides is 1. The van der Waals surface area contributed by atoms with Crippen molar-refractivity contribution < 1.29 is 17.6 Å². The van der Waals surface area contributed by atoms with E-state index in [-0.39, 0.29) is 13.0 Å². The maximum Gasteiger partial charge on any atom is 0.266 e. The first kappa shape index (κ1) is 16.2. The van der Waals surface area contributed by atoms with Gasteiger partial charge in [-0.2, -0.15) is 5.10 Å². The van der Waals surface area contributed by atoms with Crippen LogP contribution in [-0.4, -0.2) is 24.1 Å². The van der Waals surface area contributed by atoms with Gasteiger partial charge in [-0.25, -0.2) is 17.5 Å². The molecule has 22 heavy (non-hydrogen) atoms. The Balaban J connectivity index is 2.03. The van der Waals surface area contributed by atoms with Gasteiger partial charge in [0.15, 0.2) is 0 Å². The van der Waals surface area contributed by atoms with Crippen LogP contribution < -0.4 is 4.72 Å². The molecule has 0 aliphatic heterocycles. The number of rotatable bonds is 5. The van der Waals surface area contributed by atoms with Crippen molar-refractivity contribution in [3.05, 3.63) is 47.5 Å². The molecule has 1 aromatic carbocycles. The summed E-state index contributed by atoms with van der Waals surface area (Å²) in [5, 5.41) is 3.99. The van der Waals surface area contributed by atoms with E-state index in [4.69, 9.17) is 0 Å². The van der Waals surface area contributed by atoms with Gasteiger partial charge in [0.05, 0.1) is 6.20 Å². The Morgan fingerprint density at radius 2 is 2.05 bits per heavy atom. The first-order valence-corrected chi connectivity index (χ1v) is 8.07. The SMILES string of the molecule is Cc1ccc(S(=O)(=O)NC(=O)CCn2cc(C)cn2)c(F)c1. The zero-order chi connectivity index (χ0) is 16.3. The molecule has 0 saturated carbocycles. The molecule has 6 nitrogen and oxygen atoms in total. The number of hydrogen-bond acceptors (Lipinski definition) is 4. The Labute approximate surface area is 128 Å². The number of nitrogens with zero attached hydrogens (tertiary/aromatic N) is 2. The summed E-state index contributed by atoms with van der Waals surface area (Å²) >= 11 is 0. The first-order valence-electron chi connectivity index (χ1n) is 6.59. The summed E-state index contributed by atoms with van der Waals surface area (Å²) in [4.78, 5) is 11.2. The molecular formula is C14H16FN3O3S. The molecule has 0 spiro atoms. The number of halogens is 1. The van der Waals surface area contributed by atoms with Crippen LogP contribution in [0.15, 0.2) is 35.5 Å². The lowest BCUT2D eigenvalue weighted by atomic mass is 10.2. The van der Waals surface area contributed by atoms with Crippen molar-refractivity contribution in [3.63, 3.8) is 0 Å². The van der Waals surface area contributed by atoms with Gasteiger partial charge in [-0.05, 0) is 37.1 Å². The Morgan fingerprint density at radius 1 is 1.32 bits per heavy atom. The summed E-state index contributed by atoms with van der Waals surface area (Å²) in [5.41, 5.74) is 1.53. The van der Waals surface area contributed by atoms with Gasteiger partial charge < -0.3 is 0 Å². The van der Waals surface area contributed by atoms with E-state index in [9.17, 15) is 17.6 Å². The molecule has 0 saturated heterocycles. The first-order chi connectivity index (χ1) is 10.3. The molecule has 0 aliphatic carbocycles. The average Bonchev–Trinajstić information content (AvgIpc) is 2.81. The maximum absolute atomic E-state index is 13.7. The molecule has 118 valence electrons. The molecule has 0 fully saturated rings. The normalized spacial score (nSPS) is 11.4. The summed E-state index contributed by atoms with van der Waals surface area (Å²) < 4.78 is 41.1. The Bertz CT molecular complexity index is 799. The Morgan fingerprint density at radius 3 is 2.64 bits per heavy atom. The second-order valence-corrected chi connectivity index (χ2v) is 6.64. The van der Waals surface area contributed by atoms with Crippen LogP contribution >= 0.6 is 0 Å². The summed E-state index contributed by atoms with van der Waals surface area (Å²) in [5.74, 6) is -1.60. The lowest BCUT2D eigenvalue weighted by molar-refractivity contribution is -0.119. The number of amides is 1. The number of carbonyl (C=O) groups excluding carboxylic acids is 1. The molecule has 1 heterocycles. The topological polar surface area (TPSA) is 81.1 Å². The third kappa shape index (κ3) is 3.91. The zero-order valence-electron chi connectivity index (χ0n) is 12.2. The van der Waals surface area contributed by atoms with E-state index in [1.54, 1.807) is 19.3 Å². The van der Waals surface area contributed by atoms with Crippen LogP contribution in [-0.2, 0) is 21.4 Å². The highest BCUT2D eigenvalue weighted by Gasteiger charge is 2.21. The van der Waals surface area contributed by atoms with Crippen LogP contribution in [0.5, 0.6) is 0 Å². The van der Waals surface area contributed by atoms with Crippen LogP contribution in [0.1, 0.15) is 17.5 Å². The molecule has 0 aliphatic rings. The van der Waals surface area contributed by atoms with Gasteiger partial charge in [0.2, 0.25) is 5.91 Å². The molecule has 1 N–H and O–H groups in total. The Hall–Kier alpha value is -2.22. The van der Waals surface area contributed by atoms with Crippen molar-refractivity contribution in [3.8, 4) is 0 Å². The van der Waals surface area contributed by atoms with Crippen molar-refractivity contribution in [1.29, 1.82) is 0 Å². The summed E-state index contributed by atoms with van der Waals surface area (Å²) in [6.45, 7) is 3.74. The average molecular weight is 325 g/mol. The minimum absolute atomic E-state index is 0.0756. The minimum Gasteiger partial charge on any atom is -0.274 e. The molecule has 1 aromatic heterocycles. The monoisotopic (exact) mass is 325 g/mol. The van der Waals surface area contributed by atoms with Crippen LogP contribution in [0, 0.1) is 19.7 Å². The molecule has 0 atom stereocenters. The van der Waals surface area contributed by atoms with E-state index < -0.39 is 26.6 Å². The fraction of sp³-hybridized carbons (Fsp3) is 0.286. The van der Waals surface area contributed by atoms with Crippen LogP contribution in [0.3, 0.4) is 0 Å². The van der Waals surface area contributed by atoms with Gasteiger partial charge in [0.25, 0.3) is 10.0 Å². The van der Waals surface area contributed by atoms with Gasteiger partial charge in [-0.1, -0.05) is 6.07 Å². The van der Waals surface area contributed by atoms with Gasteiger partial charge in [0, 0.05) is 19.2 Å². The van der Waals surface area contributed by atoms with E-state index in [1.807, 2.05) is 11.6 Å². The number of aromatic nitrogens is 2. The largest absolute Gasteiger partial charge is 0.274 e. The van der Waals surface area contributed by atoms with E-state index >= 15 is 0 Å². The predicted molar refractivity (Wildman–Crippen MR) is 78.0 cm³/mol. The van der Waals surface area contributed by atoms with Crippen molar-refractivity contribution in [2.45, 2.75) is 31.7 Å². The fourth-order valence-electron chi connectivity index (χ4n) is 1.89. The van der Waals surface area contributed by atoms with Gasteiger partial charge in [0.1, 0.15) is 10.7 Å². The molecule has 2 aromatic rings. The third-order valence-electron chi connectivity index (χ3n) is 2.96. The highest BCUT2D eigenvalue weighted by Crippen LogP contribution is 2.15. The molecule has 2 rings (SSSR count). The standard InChI is InChI=1S/C14H16FN3O3S/c1-10-3-4-13(12(15)7-10)22(20,21)17-14(19)5-6-18-9-11(2)8-16-18/h3-4,7-9H,5-6H2,1-2H3,(H,17,19). The third-order valence-corrected chi connectivity index (χ3v) is 4.36. The highest BCUT2D eigenvalue weighted by atomic mass is 32.2. The fourth-order valence-corrected chi connectivity index (χ4v) is 2.96. The summed E-state index contributed by atoms with van der Waals surface area (Å²) in [6, 6.07) is 3.71. The van der Waals surface area contributed by atoms with Crippen LogP contribution in [0.4, 0.5) is 4.39 Å². The predicted octanol–water partition coefficient (Wildman–Crippen LogP) is 1.53. The lowest BCUT2D eigenvalue weighted by Crippen LogP contribution is -2.31. The van der Waals surface area contributed by atoms with Crippen molar-refractivity contribution >= 4 is 15.9 Å². The highest BCUT2D eigenvalue weighted by molar-refractivity contribution is 7.90. The number of aryl methyl sites for hydroxylation is 3. The van der Waals surface area contributed by atoms with Gasteiger partial charge in [-0.15, -0.1) is 0 Å². The molecule has 0 bridgehead atoms. The summed E-state index contributed by atoms with van der Waals surface area (Å²) in [7, 11) is -4.21. The van der Waals surface area contributed by atoms with Crippen molar-refractivity contribution in [1.82, 2.24) is 14.5 Å². The molecule has 1 amide bonds. The zero-order valence-corrected chi connectivity index (χ0v) is 13.0. The van der Waals surface area contributed by atoms with Crippen LogP contribution in [0.25, 0.3) is 0 Å². The molecular weight excluding hydrogens is 309 g/mol. The van der Waals surface area contributed by atoms with E-state index in [0.29, 0.717) is 5.56 Å². The smallest absolute Gasteiger partial charge is 0.266 e. The van der Waals surface area contributed by atoms with Crippen LogP contribution in [0.2, 0.25) is 0 Å². The van der Waals surface area contributed by atoms with Gasteiger partial charge in [-0.3, -0.25) is 9.48 Å². The number of nitrogens with one attached hydrogen (secondary N) is 1. The van der Waals surface area contributed by atoms with Crippen molar-refractivity contribution in [2.75, 3.05) is 0 Å². The number of carbonyl (C=O) groups is 1. The number of benzene rings is 1. The van der Waals surface area contributed by atoms with E-state index in [1.165, 1.54) is 10.7 Å². The second kappa shape index (κ2) is 6.27. The lowest BCUT2D eigenvalue weighted by Gasteiger charge is -2.08. The molecule has 0 unspecified atom stereocenters.